The summed E-state index contributed by atoms with van der Waals surface area (Å²) < 4.78 is 4.99. The van der Waals surface area contributed by atoms with E-state index in [4.69, 9.17) is 21.3 Å². The first-order valence-electron chi connectivity index (χ1n) is 8.16. The number of hydrogen-bond donors (Lipinski definition) is 0. The number of ether oxygens (including phenoxy) is 1. The molecule has 1 aromatic carbocycles. The predicted octanol–water partition coefficient (Wildman–Crippen LogP) is 3.64. The van der Waals surface area contributed by atoms with Crippen molar-refractivity contribution in [3.63, 3.8) is 0 Å². The Labute approximate surface area is 147 Å². The quantitative estimate of drug-likeness (QED) is 0.831. The number of likely N-dealkylation sites (tertiary alicyclic amines) is 1. The van der Waals surface area contributed by atoms with Crippen LogP contribution in [0.15, 0.2) is 42.5 Å². The Morgan fingerprint density at radius 1 is 1.29 bits per heavy atom. The van der Waals surface area contributed by atoms with Gasteiger partial charge in [0.05, 0.1) is 11.7 Å². The molecule has 2 heterocycles. The molecule has 3 rings (SSSR count). The van der Waals surface area contributed by atoms with E-state index in [2.05, 4.69) is 0 Å². The maximum Gasteiger partial charge on any atom is 0.249 e. The molecule has 2 aromatic rings. The van der Waals surface area contributed by atoms with Gasteiger partial charge in [0.25, 0.3) is 0 Å². The Balaban J connectivity index is 1.80. The van der Waals surface area contributed by atoms with Gasteiger partial charge < -0.3 is 9.64 Å². The van der Waals surface area contributed by atoms with E-state index >= 15 is 0 Å². The van der Waals surface area contributed by atoms with Gasteiger partial charge in [0.1, 0.15) is 6.61 Å². The summed E-state index contributed by atoms with van der Waals surface area (Å²) in [5.41, 5.74) is 2.97. The van der Waals surface area contributed by atoms with Gasteiger partial charge in [-0.05, 0) is 36.6 Å². The third-order valence-electron chi connectivity index (χ3n) is 4.34. The van der Waals surface area contributed by atoms with Crippen LogP contribution in [0.4, 0.5) is 0 Å². The predicted molar refractivity (Wildman–Crippen MR) is 94.1 cm³/mol. The minimum Gasteiger partial charge on any atom is -0.375 e. The van der Waals surface area contributed by atoms with Gasteiger partial charge in [-0.25, -0.2) is 0 Å². The van der Waals surface area contributed by atoms with Gasteiger partial charge >= 0.3 is 0 Å². The summed E-state index contributed by atoms with van der Waals surface area (Å²) in [6.45, 7) is 0.888. The highest BCUT2D eigenvalue weighted by Crippen LogP contribution is 2.31. The molecule has 1 aromatic heterocycles. The maximum absolute atomic E-state index is 12.2. The average molecular weight is 345 g/mol. The largest absolute Gasteiger partial charge is 0.375 e. The van der Waals surface area contributed by atoms with Crippen LogP contribution in [-0.2, 0) is 16.0 Å². The highest BCUT2D eigenvalue weighted by molar-refractivity contribution is 6.31. The zero-order chi connectivity index (χ0) is 16.9. The summed E-state index contributed by atoms with van der Waals surface area (Å²) in [6.07, 6.45) is 2.63. The summed E-state index contributed by atoms with van der Waals surface area (Å²) in [7, 11) is 1.55. The first-order valence-corrected chi connectivity index (χ1v) is 8.54. The summed E-state index contributed by atoms with van der Waals surface area (Å²) >= 11 is 6.25. The van der Waals surface area contributed by atoms with Crippen molar-refractivity contribution >= 4 is 17.5 Å². The minimum absolute atomic E-state index is 0.0262. The Morgan fingerprint density at radius 3 is 2.92 bits per heavy atom. The Bertz CT molecular complexity index is 720. The lowest BCUT2D eigenvalue weighted by Gasteiger charge is -2.24. The Morgan fingerprint density at radius 2 is 2.12 bits per heavy atom. The zero-order valence-corrected chi connectivity index (χ0v) is 14.5. The van der Waals surface area contributed by atoms with Gasteiger partial charge in [-0.1, -0.05) is 35.9 Å². The number of methoxy groups -OCH3 is 1. The second-order valence-corrected chi connectivity index (χ2v) is 6.41. The molecule has 0 unspecified atom stereocenters. The first kappa shape index (κ1) is 16.9. The smallest absolute Gasteiger partial charge is 0.249 e. The van der Waals surface area contributed by atoms with Crippen LogP contribution in [0.3, 0.4) is 0 Å². The second-order valence-electron chi connectivity index (χ2n) is 6.00. The zero-order valence-electron chi connectivity index (χ0n) is 13.7. The van der Waals surface area contributed by atoms with Crippen LogP contribution in [0.25, 0.3) is 0 Å². The molecule has 24 heavy (non-hydrogen) atoms. The highest BCUT2D eigenvalue weighted by Gasteiger charge is 2.30. The third-order valence-corrected chi connectivity index (χ3v) is 4.71. The van der Waals surface area contributed by atoms with Gasteiger partial charge in [-0.15, -0.1) is 0 Å². The molecule has 1 atom stereocenters. The van der Waals surface area contributed by atoms with Gasteiger partial charge in [-0.3, -0.25) is 9.78 Å². The minimum atomic E-state index is 0.0262. The molecule has 1 fully saturated rings. The van der Waals surface area contributed by atoms with Crippen molar-refractivity contribution < 1.29 is 9.53 Å². The van der Waals surface area contributed by atoms with E-state index in [-0.39, 0.29) is 18.6 Å². The lowest BCUT2D eigenvalue weighted by atomic mass is 10.1. The van der Waals surface area contributed by atoms with Gasteiger partial charge in [-0.2, -0.15) is 0 Å². The monoisotopic (exact) mass is 344 g/mol. The molecule has 0 bridgehead atoms. The van der Waals surface area contributed by atoms with Crippen molar-refractivity contribution in [1.82, 2.24) is 9.88 Å². The molecule has 1 saturated heterocycles. The van der Waals surface area contributed by atoms with Crippen molar-refractivity contribution in [1.29, 1.82) is 0 Å². The third kappa shape index (κ3) is 3.77. The van der Waals surface area contributed by atoms with Crippen molar-refractivity contribution in [2.45, 2.75) is 25.3 Å². The number of halogens is 1. The van der Waals surface area contributed by atoms with E-state index in [9.17, 15) is 4.79 Å². The molecule has 0 aliphatic carbocycles. The topological polar surface area (TPSA) is 42.4 Å². The fourth-order valence-corrected chi connectivity index (χ4v) is 3.40. The molecule has 0 saturated carbocycles. The van der Waals surface area contributed by atoms with Crippen molar-refractivity contribution in [2.75, 3.05) is 20.3 Å². The second kappa shape index (κ2) is 7.77. The number of carbonyl (C=O) groups excluding carboxylic acids is 1. The molecule has 0 N–H and O–H groups in total. The van der Waals surface area contributed by atoms with E-state index in [1.807, 2.05) is 47.4 Å². The number of aromatic nitrogens is 1. The highest BCUT2D eigenvalue weighted by atomic mass is 35.5. The lowest BCUT2D eigenvalue weighted by Crippen LogP contribution is -2.33. The standard InChI is InChI=1S/C19H21ClN2O2/c1-24-13-19(23)22-11-5-10-18(22)17-9-4-7-15(21-17)12-14-6-2-3-8-16(14)20/h2-4,6-9,18H,5,10-13H2,1H3/t18-/m0/s1. The Kier molecular flexibility index (Phi) is 5.48. The SMILES string of the molecule is COCC(=O)N1CCC[C@H]1c1cccc(Cc2ccccc2Cl)n1. The molecule has 126 valence electrons. The first-order chi connectivity index (χ1) is 11.7. The van der Waals surface area contributed by atoms with Crippen LogP contribution in [-0.4, -0.2) is 36.1 Å². The number of benzene rings is 1. The van der Waals surface area contributed by atoms with Crippen LogP contribution in [0.1, 0.15) is 35.8 Å². The number of pyridine rings is 1. The van der Waals surface area contributed by atoms with E-state index in [1.165, 1.54) is 0 Å². The van der Waals surface area contributed by atoms with Crippen molar-refractivity contribution in [3.05, 3.63) is 64.4 Å². The van der Waals surface area contributed by atoms with Gasteiger partial charge in [0.15, 0.2) is 0 Å². The molecule has 5 heteroatoms. The Hall–Kier alpha value is -1.91. The number of nitrogens with zero attached hydrogens (tertiary/aromatic N) is 2. The van der Waals surface area contributed by atoms with Crippen LogP contribution in [0.5, 0.6) is 0 Å². The molecular weight excluding hydrogens is 324 g/mol. The fraction of sp³-hybridized carbons (Fsp3) is 0.368. The van der Waals surface area contributed by atoms with Gasteiger partial charge in [0.2, 0.25) is 5.91 Å². The van der Waals surface area contributed by atoms with E-state index in [0.29, 0.717) is 6.42 Å². The molecule has 4 nitrogen and oxygen atoms in total. The van der Waals surface area contributed by atoms with Crippen LogP contribution >= 0.6 is 11.6 Å². The van der Waals surface area contributed by atoms with Crippen molar-refractivity contribution in [2.24, 2.45) is 0 Å². The molecule has 0 radical (unpaired) electrons. The molecule has 0 spiro atoms. The van der Waals surface area contributed by atoms with Crippen molar-refractivity contribution in [3.8, 4) is 0 Å². The van der Waals surface area contributed by atoms with E-state index < -0.39 is 0 Å². The number of amides is 1. The van der Waals surface area contributed by atoms with Crippen LogP contribution < -0.4 is 0 Å². The summed E-state index contributed by atoms with van der Waals surface area (Å²) in [6, 6.07) is 13.9. The summed E-state index contributed by atoms with van der Waals surface area (Å²) in [5, 5.41) is 0.752. The lowest BCUT2D eigenvalue weighted by molar-refractivity contribution is -0.136. The molecule has 1 aliphatic rings. The number of hydrogen-bond acceptors (Lipinski definition) is 3. The fourth-order valence-electron chi connectivity index (χ4n) is 3.20. The molecular formula is C19H21ClN2O2. The van der Waals surface area contributed by atoms with Gasteiger partial charge in [0, 0.05) is 30.8 Å². The number of rotatable bonds is 5. The molecule has 1 aliphatic heterocycles. The summed E-state index contributed by atoms with van der Waals surface area (Å²) in [5.74, 6) is 0.0262. The number of carbonyl (C=O) groups is 1. The maximum atomic E-state index is 12.2. The van der Waals surface area contributed by atoms with Crippen LogP contribution in [0, 0.1) is 0 Å². The van der Waals surface area contributed by atoms with E-state index in [1.54, 1.807) is 7.11 Å². The summed E-state index contributed by atoms with van der Waals surface area (Å²) in [4.78, 5) is 18.9. The van der Waals surface area contributed by atoms with E-state index in [0.717, 1.165) is 41.4 Å². The molecule has 1 amide bonds. The average Bonchev–Trinajstić information content (AvgIpc) is 3.07. The van der Waals surface area contributed by atoms with Crippen LogP contribution in [0.2, 0.25) is 5.02 Å². The normalized spacial score (nSPS) is 17.2.